The van der Waals surface area contributed by atoms with E-state index in [9.17, 15) is 4.79 Å². The van der Waals surface area contributed by atoms with E-state index in [1.54, 1.807) is 0 Å². The number of fused-ring (bicyclic) bond motifs is 1. The zero-order chi connectivity index (χ0) is 12.3. The van der Waals surface area contributed by atoms with Crippen molar-refractivity contribution in [3.05, 3.63) is 29.3 Å². The van der Waals surface area contributed by atoms with Gasteiger partial charge in [-0.2, -0.15) is 0 Å². The Morgan fingerprint density at radius 2 is 2.29 bits per heavy atom. The fraction of sp³-hybridized carbons (Fsp3) is 0.500. The molecular weight excluding hydrogens is 212 g/mol. The number of carbonyl (C=O) groups is 1. The summed E-state index contributed by atoms with van der Waals surface area (Å²) in [6, 6.07) is 6.34. The van der Waals surface area contributed by atoms with Crippen molar-refractivity contribution in [3.63, 3.8) is 0 Å². The number of carbonyl (C=O) groups excluding carboxylic acids is 1. The first-order valence-corrected chi connectivity index (χ1v) is 6.33. The molecule has 1 N–H and O–H groups in total. The molecule has 17 heavy (non-hydrogen) atoms. The second kappa shape index (κ2) is 5.32. The van der Waals surface area contributed by atoms with E-state index >= 15 is 0 Å². The van der Waals surface area contributed by atoms with Crippen molar-refractivity contribution in [2.75, 3.05) is 24.5 Å². The van der Waals surface area contributed by atoms with E-state index in [2.05, 4.69) is 37.4 Å². The van der Waals surface area contributed by atoms with Crippen LogP contribution in [-0.2, 0) is 11.2 Å². The predicted molar refractivity (Wildman–Crippen MR) is 70.4 cm³/mol. The van der Waals surface area contributed by atoms with Crippen molar-refractivity contribution in [2.24, 2.45) is 0 Å². The molecule has 1 aliphatic rings. The van der Waals surface area contributed by atoms with Crippen LogP contribution in [0.15, 0.2) is 18.2 Å². The van der Waals surface area contributed by atoms with Crippen LogP contribution in [0.3, 0.4) is 0 Å². The summed E-state index contributed by atoms with van der Waals surface area (Å²) in [6.07, 6.45) is 1.57. The van der Waals surface area contributed by atoms with Gasteiger partial charge in [-0.15, -0.1) is 0 Å². The van der Waals surface area contributed by atoms with E-state index in [1.807, 2.05) is 4.90 Å². The molecule has 0 aromatic heterocycles. The van der Waals surface area contributed by atoms with Crippen LogP contribution in [-0.4, -0.2) is 25.5 Å². The molecule has 1 aromatic carbocycles. The van der Waals surface area contributed by atoms with E-state index in [0.717, 1.165) is 31.7 Å². The number of rotatable bonds is 4. The van der Waals surface area contributed by atoms with E-state index in [-0.39, 0.29) is 5.91 Å². The molecule has 1 amide bonds. The third-order valence-electron chi connectivity index (χ3n) is 3.20. The summed E-state index contributed by atoms with van der Waals surface area (Å²) >= 11 is 0. The molecule has 3 heteroatoms. The van der Waals surface area contributed by atoms with Gasteiger partial charge in [-0.25, -0.2) is 0 Å². The molecule has 2 rings (SSSR count). The van der Waals surface area contributed by atoms with Gasteiger partial charge in [0.15, 0.2) is 0 Å². The quantitative estimate of drug-likeness (QED) is 0.804. The molecule has 1 aromatic rings. The number of amides is 1. The van der Waals surface area contributed by atoms with E-state index in [0.29, 0.717) is 6.42 Å². The Balaban J connectivity index is 2.03. The van der Waals surface area contributed by atoms with Gasteiger partial charge in [0, 0.05) is 25.2 Å². The summed E-state index contributed by atoms with van der Waals surface area (Å²) in [5.41, 5.74) is 3.68. The van der Waals surface area contributed by atoms with Gasteiger partial charge in [-0.1, -0.05) is 24.6 Å². The summed E-state index contributed by atoms with van der Waals surface area (Å²) in [7, 11) is 0. The maximum Gasteiger partial charge on any atom is 0.228 e. The van der Waals surface area contributed by atoms with Crippen molar-refractivity contribution >= 4 is 11.6 Å². The van der Waals surface area contributed by atoms with Crippen molar-refractivity contribution in [2.45, 2.75) is 26.7 Å². The average Bonchev–Trinajstić information content (AvgIpc) is 2.72. The molecule has 0 saturated carbocycles. The van der Waals surface area contributed by atoms with E-state index in [1.165, 1.54) is 11.1 Å². The summed E-state index contributed by atoms with van der Waals surface area (Å²) in [5.74, 6) is 0.230. The third-order valence-corrected chi connectivity index (χ3v) is 3.20. The standard InChI is InChI=1S/C14H20N2O/c1-3-15-8-6-14(17)16-9-7-12-10-11(2)4-5-13(12)16/h4-5,10,15H,3,6-9H2,1-2H3. The lowest BCUT2D eigenvalue weighted by Crippen LogP contribution is -2.31. The molecule has 0 atom stereocenters. The highest BCUT2D eigenvalue weighted by Gasteiger charge is 2.23. The summed E-state index contributed by atoms with van der Waals surface area (Å²) in [4.78, 5) is 14.0. The third kappa shape index (κ3) is 2.67. The smallest absolute Gasteiger partial charge is 0.228 e. The van der Waals surface area contributed by atoms with Crippen molar-refractivity contribution in [3.8, 4) is 0 Å². The molecule has 1 heterocycles. The van der Waals surface area contributed by atoms with Crippen LogP contribution >= 0.6 is 0 Å². The second-order valence-corrected chi connectivity index (χ2v) is 4.53. The summed E-state index contributed by atoms with van der Waals surface area (Å²) in [5, 5.41) is 3.19. The Morgan fingerprint density at radius 3 is 3.06 bits per heavy atom. The van der Waals surface area contributed by atoms with Crippen LogP contribution in [0.5, 0.6) is 0 Å². The van der Waals surface area contributed by atoms with Crippen molar-refractivity contribution in [1.29, 1.82) is 0 Å². The summed E-state index contributed by atoms with van der Waals surface area (Å²) < 4.78 is 0. The minimum Gasteiger partial charge on any atom is -0.316 e. The molecular formula is C14H20N2O. The van der Waals surface area contributed by atoms with E-state index in [4.69, 9.17) is 0 Å². The van der Waals surface area contributed by atoms with Gasteiger partial charge >= 0.3 is 0 Å². The lowest BCUT2D eigenvalue weighted by atomic mass is 10.1. The van der Waals surface area contributed by atoms with Gasteiger partial charge in [0.05, 0.1) is 0 Å². The topological polar surface area (TPSA) is 32.3 Å². The van der Waals surface area contributed by atoms with Crippen LogP contribution in [0.1, 0.15) is 24.5 Å². The van der Waals surface area contributed by atoms with Gasteiger partial charge in [0.2, 0.25) is 5.91 Å². The maximum absolute atomic E-state index is 12.1. The Labute approximate surface area is 103 Å². The molecule has 1 aliphatic heterocycles. The molecule has 0 saturated heterocycles. The van der Waals surface area contributed by atoms with Gasteiger partial charge in [-0.3, -0.25) is 4.79 Å². The first-order chi connectivity index (χ1) is 8.22. The largest absolute Gasteiger partial charge is 0.316 e. The number of anilines is 1. The molecule has 0 fully saturated rings. The van der Waals surface area contributed by atoms with Gasteiger partial charge < -0.3 is 10.2 Å². The highest BCUT2D eigenvalue weighted by atomic mass is 16.2. The number of nitrogens with zero attached hydrogens (tertiary/aromatic N) is 1. The first-order valence-electron chi connectivity index (χ1n) is 6.33. The molecule has 0 unspecified atom stereocenters. The van der Waals surface area contributed by atoms with Crippen molar-refractivity contribution < 1.29 is 4.79 Å². The monoisotopic (exact) mass is 232 g/mol. The molecule has 3 nitrogen and oxygen atoms in total. The molecule has 0 radical (unpaired) electrons. The van der Waals surface area contributed by atoms with Crippen molar-refractivity contribution in [1.82, 2.24) is 5.32 Å². The SMILES string of the molecule is CCNCCC(=O)N1CCc2cc(C)ccc21. The highest BCUT2D eigenvalue weighted by Crippen LogP contribution is 2.29. The lowest BCUT2D eigenvalue weighted by Gasteiger charge is -2.17. The number of hydrogen-bond acceptors (Lipinski definition) is 2. The average molecular weight is 232 g/mol. The Bertz CT molecular complexity index is 415. The number of nitrogens with one attached hydrogen (secondary N) is 1. The Kier molecular flexibility index (Phi) is 3.79. The van der Waals surface area contributed by atoms with Gasteiger partial charge in [0.25, 0.3) is 0 Å². The van der Waals surface area contributed by atoms with Gasteiger partial charge in [-0.05, 0) is 31.5 Å². The van der Waals surface area contributed by atoms with Crippen LogP contribution in [0.25, 0.3) is 0 Å². The number of aryl methyl sites for hydroxylation is 1. The lowest BCUT2D eigenvalue weighted by molar-refractivity contribution is -0.118. The fourth-order valence-corrected chi connectivity index (χ4v) is 2.30. The maximum atomic E-state index is 12.1. The zero-order valence-electron chi connectivity index (χ0n) is 10.6. The summed E-state index contributed by atoms with van der Waals surface area (Å²) in [6.45, 7) is 6.67. The van der Waals surface area contributed by atoms with Gasteiger partial charge in [0.1, 0.15) is 0 Å². The number of benzene rings is 1. The molecule has 92 valence electrons. The molecule has 0 spiro atoms. The minimum atomic E-state index is 0.230. The zero-order valence-corrected chi connectivity index (χ0v) is 10.6. The van der Waals surface area contributed by atoms with Crippen LogP contribution < -0.4 is 10.2 Å². The predicted octanol–water partition coefficient (Wildman–Crippen LogP) is 1.88. The van der Waals surface area contributed by atoms with Crippen LogP contribution in [0, 0.1) is 6.92 Å². The minimum absolute atomic E-state index is 0.230. The first kappa shape index (κ1) is 12.1. The van der Waals surface area contributed by atoms with Crippen LogP contribution in [0.4, 0.5) is 5.69 Å². The normalized spacial score (nSPS) is 13.9. The fourth-order valence-electron chi connectivity index (χ4n) is 2.30. The Morgan fingerprint density at radius 1 is 1.47 bits per heavy atom. The second-order valence-electron chi connectivity index (χ2n) is 4.53. The molecule has 0 bridgehead atoms. The number of hydrogen-bond donors (Lipinski definition) is 1. The molecule has 0 aliphatic carbocycles. The van der Waals surface area contributed by atoms with E-state index < -0.39 is 0 Å². The Hall–Kier alpha value is -1.35. The van der Waals surface area contributed by atoms with Crippen LogP contribution in [0.2, 0.25) is 0 Å². The highest BCUT2D eigenvalue weighted by molar-refractivity contribution is 5.95.